The maximum Gasteiger partial charge on any atom is 0.177 e. The van der Waals surface area contributed by atoms with Crippen LogP contribution in [0.3, 0.4) is 0 Å². The molecule has 3 rings (SSSR count). The van der Waals surface area contributed by atoms with Gasteiger partial charge in [-0.25, -0.2) is 13.4 Å². The molecule has 0 bridgehead atoms. The van der Waals surface area contributed by atoms with E-state index in [2.05, 4.69) is 15.2 Å². The minimum Gasteiger partial charge on any atom is -0.356 e. The molecule has 6 heteroatoms. The van der Waals surface area contributed by atoms with E-state index in [1.165, 1.54) is 38.1 Å². The summed E-state index contributed by atoms with van der Waals surface area (Å²) in [5, 5.41) is 3.43. The molecular formula is C15H23N3O2S. The molecular weight excluding hydrogens is 286 g/mol. The fraction of sp³-hybridized carbons (Fsp3) is 0.667. The second kappa shape index (κ2) is 5.57. The van der Waals surface area contributed by atoms with E-state index in [0.29, 0.717) is 10.3 Å². The molecule has 1 N–H and O–H groups in total. The molecule has 0 saturated carbocycles. The zero-order chi connectivity index (χ0) is 14.9. The molecule has 0 unspecified atom stereocenters. The predicted molar refractivity (Wildman–Crippen MR) is 83.3 cm³/mol. The largest absolute Gasteiger partial charge is 0.356 e. The van der Waals surface area contributed by atoms with Gasteiger partial charge in [-0.2, -0.15) is 0 Å². The molecule has 2 saturated heterocycles. The Morgan fingerprint density at radius 2 is 2.00 bits per heavy atom. The topological polar surface area (TPSA) is 62.3 Å². The van der Waals surface area contributed by atoms with Crippen LogP contribution in [0.25, 0.3) is 0 Å². The van der Waals surface area contributed by atoms with Gasteiger partial charge in [0.15, 0.2) is 9.84 Å². The second-order valence-electron chi connectivity index (χ2n) is 6.40. The number of nitrogens with zero attached hydrogens (tertiary/aromatic N) is 2. The Balaban J connectivity index is 1.77. The first kappa shape index (κ1) is 14.8. The third-order valence-electron chi connectivity index (χ3n) is 4.80. The molecule has 1 aromatic heterocycles. The first-order chi connectivity index (χ1) is 9.99. The summed E-state index contributed by atoms with van der Waals surface area (Å²) in [5.41, 5.74) is 0.417. The van der Waals surface area contributed by atoms with Crippen molar-refractivity contribution in [2.45, 2.75) is 30.6 Å². The average molecular weight is 309 g/mol. The molecule has 116 valence electrons. The van der Waals surface area contributed by atoms with Crippen LogP contribution in [-0.4, -0.2) is 45.8 Å². The maximum atomic E-state index is 11.5. The van der Waals surface area contributed by atoms with Gasteiger partial charge >= 0.3 is 0 Å². The van der Waals surface area contributed by atoms with E-state index in [9.17, 15) is 8.42 Å². The van der Waals surface area contributed by atoms with Crippen molar-refractivity contribution in [3.05, 3.63) is 18.3 Å². The molecule has 0 atom stereocenters. The molecule has 0 amide bonds. The lowest BCUT2D eigenvalue weighted by atomic mass is 9.73. The van der Waals surface area contributed by atoms with E-state index in [0.717, 1.165) is 32.0 Å². The molecule has 0 radical (unpaired) electrons. The molecule has 2 aliphatic heterocycles. The lowest BCUT2D eigenvalue weighted by Crippen LogP contribution is -2.48. The highest BCUT2D eigenvalue weighted by Gasteiger charge is 2.36. The zero-order valence-electron chi connectivity index (χ0n) is 12.5. The van der Waals surface area contributed by atoms with Gasteiger partial charge in [-0.3, -0.25) is 0 Å². The first-order valence-electron chi connectivity index (χ1n) is 7.60. The summed E-state index contributed by atoms with van der Waals surface area (Å²) in [7, 11) is -3.17. The normalized spacial score (nSPS) is 22.4. The van der Waals surface area contributed by atoms with Gasteiger partial charge in [-0.15, -0.1) is 0 Å². The molecule has 2 fully saturated rings. The molecule has 5 nitrogen and oxygen atoms in total. The summed E-state index contributed by atoms with van der Waals surface area (Å²) >= 11 is 0. The van der Waals surface area contributed by atoms with Crippen LogP contribution in [0.15, 0.2) is 23.2 Å². The first-order valence-corrected chi connectivity index (χ1v) is 9.50. The zero-order valence-corrected chi connectivity index (χ0v) is 13.3. The van der Waals surface area contributed by atoms with Gasteiger partial charge in [0.25, 0.3) is 0 Å². The number of piperidine rings is 2. The Labute approximate surface area is 126 Å². The third kappa shape index (κ3) is 3.21. The van der Waals surface area contributed by atoms with E-state index < -0.39 is 9.84 Å². The van der Waals surface area contributed by atoms with Crippen LogP contribution in [0.1, 0.15) is 25.7 Å². The van der Waals surface area contributed by atoms with Crippen molar-refractivity contribution in [3.63, 3.8) is 0 Å². The van der Waals surface area contributed by atoms with Gasteiger partial charge in [0, 0.05) is 25.5 Å². The second-order valence-corrected chi connectivity index (χ2v) is 8.42. The minimum absolute atomic E-state index is 0.292. The van der Waals surface area contributed by atoms with Crippen LogP contribution < -0.4 is 10.2 Å². The van der Waals surface area contributed by atoms with E-state index in [1.807, 2.05) is 6.07 Å². The molecule has 21 heavy (non-hydrogen) atoms. The highest BCUT2D eigenvalue weighted by Crippen LogP contribution is 2.39. The van der Waals surface area contributed by atoms with Gasteiger partial charge in [0.05, 0.1) is 4.90 Å². The Kier molecular flexibility index (Phi) is 3.92. The molecule has 1 aromatic rings. The number of anilines is 1. The lowest BCUT2D eigenvalue weighted by Gasteiger charge is -2.45. The number of hydrogen-bond donors (Lipinski definition) is 1. The Bertz CT molecular complexity index is 586. The van der Waals surface area contributed by atoms with E-state index in [4.69, 9.17) is 0 Å². The smallest absolute Gasteiger partial charge is 0.177 e. The SMILES string of the molecule is CS(=O)(=O)c1ccc(N2CCCC3(CCNCC3)C2)nc1. The van der Waals surface area contributed by atoms with Gasteiger partial charge in [0.1, 0.15) is 5.82 Å². The summed E-state index contributed by atoms with van der Waals surface area (Å²) in [6, 6.07) is 3.51. The van der Waals surface area contributed by atoms with Crippen LogP contribution in [0.4, 0.5) is 5.82 Å². The summed E-state index contributed by atoms with van der Waals surface area (Å²) < 4.78 is 23.0. The number of nitrogens with one attached hydrogen (secondary N) is 1. The molecule has 2 aliphatic rings. The fourth-order valence-corrected chi connectivity index (χ4v) is 4.11. The van der Waals surface area contributed by atoms with Gasteiger partial charge < -0.3 is 10.2 Å². The van der Waals surface area contributed by atoms with Crippen molar-refractivity contribution in [1.82, 2.24) is 10.3 Å². The highest BCUT2D eigenvalue weighted by atomic mass is 32.2. The number of aromatic nitrogens is 1. The molecule has 0 aromatic carbocycles. The molecule has 0 aliphatic carbocycles. The van der Waals surface area contributed by atoms with Gasteiger partial charge in [0.2, 0.25) is 0 Å². The van der Waals surface area contributed by atoms with Gasteiger partial charge in [-0.1, -0.05) is 0 Å². The van der Waals surface area contributed by atoms with Crippen molar-refractivity contribution >= 4 is 15.7 Å². The third-order valence-corrected chi connectivity index (χ3v) is 5.90. The van der Waals surface area contributed by atoms with Crippen molar-refractivity contribution in [2.24, 2.45) is 5.41 Å². The summed E-state index contributed by atoms with van der Waals surface area (Å²) in [6.07, 6.45) is 7.64. The van der Waals surface area contributed by atoms with E-state index >= 15 is 0 Å². The lowest BCUT2D eigenvalue weighted by molar-refractivity contribution is 0.166. The predicted octanol–water partition coefficient (Wildman–Crippen LogP) is 1.46. The van der Waals surface area contributed by atoms with Crippen LogP contribution in [-0.2, 0) is 9.84 Å². The number of sulfone groups is 1. The molecule has 1 spiro atoms. The van der Waals surface area contributed by atoms with Crippen molar-refractivity contribution in [1.29, 1.82) is 0 Å². The van der Waals surface area contributed by atoms with Crippen LogP contribution in [0, 0.1) is 5.41 Å². The minimum atomic E-state index is -3.17. The average Bonchev–Trinajstić information content (AvgIpc) is 2.47. The Morgan fingerprint density at radius 1 is 1.24 bits per heavy atom. The number of pyridine rings is 1. The maximum absolute atomic E-state index is 11.5. The summed E-state index contributed by atoms with van der Waals surface area (Å²) in [4.78, 5) is 6.99. The van der Waals surface area contributed by atoms with E-state index in [1.54, 1.807) is 6.07 Å². The number of hydrogen-bond acceptors (Lipinski definition) is 5. The quantitative estimate of drug-likeness (QED) is 0.896. The monoisotopic (exact) mass is 309 g/mol. The van der Waals surface area contributed by atoms with Crippen molar-refractivity contribution in [3.8, 4) is 0 Å². The fourth-order valence-electron chi connectivity index (χ4n) is 3.55. The summed E-state index contributed by atoms with van der Waals surface area (Å²) in [6.45, 7) is 4.27. The number of rotatable bonds is 2. The van der Waals surface area contributed by atoms with Crippen LogP contribution in [0.2, 0.25) is 0 Å². The highest BCUT2D eigenvalue weighted by molar-refractivity contribution is 7.90. The standard InChI is InChI=1S/C15H23N3O2S/c1-21(19,20)13-3-4-14(17-11-13)18-10-2-5-15(12-18)6-8-16-9-7-15/h3-4,11,16H,2,5-10,12H2,1H3. The van der Waals surface area contributed by atoms with E-state index in [-0.39, 0.29) is 0 Å². The van der Waals surface area contributed by atoms with Crippen molar-refractivity contribution < 1.29 is 8.42 Å². The van der Waals surface area contributed by atoms with Crippen LogP contribution in [0.5, 0.6) is 0 Å². The van der Waals surface area contributed by atoms with Gasteiger partial charge in [-0.05, 0) is 56.3 Å². The Hall–Kier alpha value is -1.14. The van der Waals surface area contributed by atoms with Crippen molar-refractivity contribution in [2.75, 3.05) is 37.3 Å². The van der Waals surface area contributed by atoms with Crippen LogP contribution >= 0.6 is 0 Å². The summed E-state index contributed by atoms with van der Waals surface area (Å²) in [5.74, 6) is 0.903. The Morgan fingerprint density at radius 3 is 2.62 bits per heavy atom. The molecule has 3 heterocycles.